The Hall–Kier alpha value is -1.16. The van der Waals surface area contributed by atoms with Gasteiger partial charge in [0.2, 0.25) is 0 Å². The van der Waals surface area contributed by atoms with Crippen LogP contribution in [0.5, 0.6) is 0 Å². The van der Waals surface area contributed by atoms with Crippen LogP contribution < -0.4 is 5.32 Å². The van der Waals surface area contributed by atoms with Crippen LogP contribution in [0.4, 0.5) is 5.82 Å². The highest BCUT2D eigenvalue weighted by molar-refractivity contribution is 5.42. The SMILES string of the molecule is CCc1cnc(C)nc1NCC(C)CN(C)CC. The first-order valence-corrected chi connectivity index (χ1v) is 6.81. The Morgan fingerprint density at radius 3 is 2.72 bits per heavy atom. The Balaban J connectivity index is 2.54. The van der Waals surface area contributed by atoms with E-state index in [-0.39, 0.29) is 0 Å². The standard InChI is InChI=1S/C14H26N4/c1-6-13-9-15-12(4)17-14(13)16-8-11(3)10-18(5)7-2/h9,11H,6-8,10H2,1-5H3,(H,15,16,17). The summed E-state index contributed by atoms with van der Waals surface area (Å²) >= 11 is 0. The Morgan fingerprint density at radius 1 is 1.39 bits per heavy atom. The molecule has 1 aromatic heterocycles. The van der Waals surface area contributed by atoms with E-state index in [0.29, 0.717) is 5.92 Å². The third-order valence-corrected chi connectivity index (χ3v) is 3.15. The lowest BCUT2D eigenvalue weighted by molar-refractivity contribution is 0.305. The molecule has 1 unspecified atom stereocenters. The normalized spacial score (nSPS) is 12.8. The van der Waals surface area contributed by atoms with E-state index in [1.165, 1.54) is 5.56 Å². The van der Waals surface area contributed by atoms with Crippen molar-refractivity contribution >= 4 is 5.82 Å². The zero-order chi connectivity index (χ0) is 13.5. The Kier molecular flexibility index (Phi) is 6.05. The van der Waals surface area contributed by atoms with E-state index in [1.807, 2.05) is 13.1 Å². The van der Waals surface area contributed by atoms with Gasteiger partial charge in [0.1, 0.15) is 11.6 Å². The first-order chi connectivity index (χ1) is 8.56. The van der Waals surface area contributed by atoms with E-state index in [9.17, 15) is 0 Å². The summed E-state index contributed by atoms with van der Waals surface area (Å²) in [4.78, 5) is 11.1. The summed E-state index contributed by atoms with van der Waals surface area (Å²) in [5.74, 6) is 2.43. The van der Waals surface area contributed by atoms with E-state index in [0.717, 1.165) is 37.7 Å². The smallest absolute Gasteiger partial charge is 0.132 e. The minimum atomic E-state index is 0.606. The van der Waals surface area contributed by atoms with Gasteiger partial charge in [-0.2, -0.15) is 0 Å². The molecule has 0 saturated heterocycles. The van der Waals surface area contributed by atoms with Gasteiger partial charge in [-0.25, -0.2) is 9.97 Å². The van der Waals surface area contributed by atoms with Crippen LogP contribution >= 0.6 is 0 Å². The number of nitrogens with one attached hydrogen (secondary N) is 1. The van der Waals surface area contributed by atoms with Crippen LogP contribution in [0.2, 0.25) is 0 Å². The molecule has 18 heavy (non-hydrogen) atoms. The molecule has 0 aliphatic heterocycles. The zero-order valence-corrected chi connectivity index (χ0v) is 12.3. The Bertz CT molecular complexity index is 365. The molecule has 0 aliphatic rings. The second-order valence-corrected chi connectivity index (χ2v) is 4.99. The summed E-state index contributed by atoms with van der Waals surface area (Å²) in [5, 5.41) is 3.46. The van der Waals surface area contributed by atoms with E-state index in [1.54, 1.807) is 0 Å². The predicted molar refractivity (Wildman–Crippen MR) is 77.0 cm³/mol. The first-order valence-electron chi connectivity index (χ1n) is 6.81. The molecule has 102 valence electrons. The van der Waals surface area contributed by atoms with Crippen LogP contribution in [0.1, 0.15) is 32.2 Å². The second-order valence-electron chi connectivity index (χ2n) is 4.99. The van der Waals surface area contributed by atoms with E-state index in [2.05, 4.69) is 48.0 Å². The average molecular weight is 250 g/mol. The van der Waals surface area contributed by atoms with Gasteiger partial charge in [-0.3, -0.25) is 0 Å². The fourth-order valence-corrected chi connectivity index (χ4v) is 1.90. The summed E-state index contributed by atoms with van der Waals surface area (Å²) in [7, 11) is 2.16. The second kappa shape index (κ2) is 7.31. The molecule has 0 saturated carbocycles. The van der Waals surface area contributed by atoms with Crippen LogP contribution in [0.15, 0.2) is 6.20 Å². The molecular formula is C14H26N4. The summed E-state index contributed by atoms with van der Waals surface area (Å²) in [5.41, 5.74) is 1.19. The van der Waals surface area contributed by atoms with Crippen molar-refractivity contribution in [3.8, 4) is 0 Å². The maximum absolute atomic E-state index is 4.48. The van der Waals surface area contributed by atoms with Gasteiger partial charge in [0.15, 0.2) is 0 Å². The van der Waals surface area contributed by atoms with Crippen LogP contribution in [-0.2, 0) is 6.42 Å². The van der Waals surface area contributed by atoms with Gasteiger partial charge < -0.3 is 10.2 Å². The van der Waals surface area contributed by atoms with E-state index >= 15 is 0 Å². The van der Waals surface area contributed by atoms with Crippen molar-refractivity contribution in [1.29, 1.82) is 0 Å². The Labute approximate surface area is 111 Å². The van der Waals surface area contributed by atoms with Crippen molar-refractivity contribution < 1.29 is 0 Å². The molecule has 0 spiro atoms. The molecule has 4 heteroatoms. The van der Waals surface area contributed by atoms with E-state index < -0.39 is 0 Å². The number of hydrogen-bond donors (Lipinski definition) is 1. The number of rotatable bonds is 7. The van der Waals surface area contributed by atoms with Crippen LogP contribution in [0, 0.1) is 12.8 Å². The molecule has 0 bridgehead atoms. The molecule has 0 aromatic carbocycles. The summed E-state index contributed by atoms with van der Waals surface area (Å²) in [6.45, 7) is 11.7. The van der Waals surface area contributed by atoms with Gasteiger partial charge in [0, 0.05) is 24.8 Å². The summed E-state index contributed by atoms with van der Waals surface area (Å²) in [6.07, 6.45) is 2.89. The van der Waals surface area contributed by atoms with Gasteiger partial charge in [-0.1, -0.05) is 20.8 Å². The molecule has 1 atom stereocenters. The largest absolute Gasteiger partial charge is 0.369 e. The fourth-order valence-electron chi connectivity index (χ4n) is 1.90. The lowest BCUT2D eigenvalue weighted by Crippen LogP contribution is -2.28. The highest BCUT2D eigenvalue weighted by Crippen LogP contribution is 2.13. The zero-order valence-electron chi connectivity index (χ0n) is 12.3. The molecule has 4 nitrogen and oxygen atoms in total. The van der Waals surface area contributed by atoms with Crippen LogP contribution in [-0.4, -0.2) is 41.5 Å². The van der Waals surface area contributed by atoms with Crippen molar-refractivity contribution in [1.82, 2.24) is 14.9 Å². The molecule has 0 radical (unpaired) electrons. The Morgan fingerprint density at radius 2 is 2.11 bits per heavy atom. The number of aryl methyl sites for hydroxylation is 2. The minimum Gasteiger partial charge on any atom is -0.369 e. The van der Waals surface area contributed by atoms with Gasteiger partial charge in [0.25, 0.3) is 0 Å². The minimum absolute atomic E-state index is 0.606. The quantitative estimate of drug-likeness (QED) is 0.806. The monoisotopic (exact) mass is 250 g/mol. The lowest BCUT2D eigenvalue weighted by atomic mass is 10.1. The third-order valence-electron chi connectivity index (χ3n) is 3.15. The van der Waals surface area contributed by atoms with Crippen LogP contribution in [0.25, 0.3) is 0 Å². The third kappa shape index (κ3) is 4.61. The maximum Gasteiger partial charge on any atom is 0.132 e. The highest BCUT2D eigenvalue weighted by Gasteiger charge is 2.08. The molecule has 1 N–H and O–H groups in total. The molecule has 1 heterocycles. The topological polar surface area (TPSA) is 41.1 Å². The number of hydrogen-bond acceptors (Lipinski definition) is 4. The first kappa shape index (κ1) is 14.9. The maximum atomic E-state index is 4.48. The molecular weight excluding hydrogens is 224 g/mol. The number of aromatic nitrogens is 2. The number of anilines is 1. The predicted octanol–water partition coefficient (Wildman–Crippen LogP) is 2.35. The van der Waals surface area contributed by atoms with Crippen molar-refractivity contribution in [3.05, 3.63) is 17.6 Å². The summed E-state index contributed by atoms with van der Waals surface area (Å²) in [6, 6.07) is 0. The fraction of sp³-hybridized carbons (Fsp3) is 0.714. The van der Waals surface area contributed by atoms with Crippen LogP contribution in [0.3, 0.4) is 0 Å². The van der Waals surface area contributed by atoms with Gasteiger partial charge in [-0.15, -0.1) is 0 Å². The van der Waals surface area contributed by atoms with Crippen molar-refractivity contribution in [3.63, 3.8) is 0 Å². The highest BCUT2D eigenvalue weighted by atomic mass is 15.1. The van der Waals surface area contributed by atoms with Gasteiger partial charge in [0.05, 0.1) is 0 Å². The molecule has 0 fully saturated rings. The average Bonchev–Trinajstić information content (AvgIpc) is 2.36. The molecule has 0 aliphatic carbocycles. The lowest BCUT2D eigenvalue weighted by Gasteiger charge is -2.20. The molecule has 1 rings (SSSR count). The molecule has 0 amide bonds. The molecule has 1 aromatic rings. The van der Waals surface area contributed by atoms with Gasteiger partial charge in [-0.05, 0) is 32.9 Å². The van der Waals surface area contributed by atoms with Crippen molar-refractivity contribution in [2.45, 2.75) is 34.1 Å². The van der Waals surface area contributed by atoms with Crippen molar-refractivity contribution in [2.75, 3.05) is 32.0 Å². The summed E-state index contributed by atoms with van der Waals surface area (Å²) < 4.78 is 0. The number of nitrogens with zero attached hydrogens (tertiary/aromatic N) is 3. The van der Waals surface area contributed by atoms with Crippen molar-refractivity contribution in [2.24, 2.45) is 5.92 Å². The van der Waals surface area contributed by atoms with Gasteiger partial charge >= 0.3 is 0 Å². The van der Waals surface area contributed by atoms with E-state index in [4.69, 9.17) is 0 Å².